The van der Waals surface area contributed by atoms with E-state index in [4.69, 9.17) is 0 Å². The monoisotopic (exact) mass is 393 g/mol. The Morgan fingerprint density at radius 3 is 2.41 bits per heavy atom. The molecule has 0 aromatic heterocycles. The molecule has 1 heterocycles. The second-order valence-electron chi connectivity index (χ2n) is 7.75. The van der Waals surface area contributed by atoms with E-state index < -0.39 is 0 Å². The number of rotatable bonds is 7. The maximum absolute atomic E-state index is 12.2. The van der Waals surface area contributed by atoms with Gasteiger partial charge in [0.2, 0.25) is 11.8 Å². The van der Waals surface area contributed by atoms with Crippen molar-refractivity contribution in [2.45, 2.75) is 39.5 Å². The Kier molecular flexibility index (Phi) is 7.28. The van der Waals surface area contributed by atoms with Crippen molar-refractivity contribution in [2.24, 2.45) is 0 Å². The lowest BCUT2D eigenvalue weighted by molar-refractivity contribution is -0.121. The van der Waals surface area contributed by atoms with E-state index in [1.165, 1.54) is 24.9 Å². The van der Waals surface area contributed by atoms with Crippen LogP contribution in [0.4, 0.5) is 11.4 Å². The minimum atomic E-state index is -0.0282. The lowest BCUT2D eigenvalue weighted by atomic mass is 10.1. The zero-order chi connectivity index (χ0) is 20.6. The number of benzene rings is 2. The summed E-state index contributed by atoms with van der Waals surface area (Å²) >= 11 is 0. The van der Waals surface area contributed by atoms with Gasteiger partial charge in [-0.25, -0.2) is 0 Å². The lowest BCUT2D eigenvalue weighted by Crippen LogP contribution is -2.38. The van der Waals surface area contributed by atoms with Gasteiger partial charge in [0.1, 0.15) is 0 Å². The van der Waals surface area contributed by atoms with Crippen LogP contribution < -0.4 is 15.1 Å². The molecule has 1 aliphatic heterocycles. The molecular weight excluding hydrogens is 362 g/mol. The second-order valence-corrected chi connectivity index (χ2v) is 7.75. The van der Waals surface area contributed by atoms with Gasteiger partial charge in [-0.2, -0.15) is 0 Å². The predicted octanol–water partition coefficient (Wildman–Crippen LogP) is 3.70. The van der Waals surface area contributed by atoms with E-state index in [0.29, 0.717) is 19.5 Å². The third-order valence-corrected chi connectivity index (χ3v) is 5.37. The average Bonchev–Trinajstić information content (AvgIpc) is 2.72. The zero-order valence-corrected chi connectivity index (χ0v) is 17.5. The Hall–Kier alpha value is -2.82. The van der Waals surface area contributed by atoms with Gasteiger partial charge >= 0.3 is 0 Å². The molecule has 2 aromatic carbocycles. The normalized spacial score (nSPS) is 13.8. The number of hydrogen-bond donors (Lipinski definition) is 1. The molecule has 0 unspecified atom stereocenters. The Bertz CT molecular complexity index is 826. The van der Waals surface area contributed by atoms with Gasteiger partial charge in [0, 0.05) is 44.5 Å². The minimum Gasteiger partial charge on any atom is -0.372 e. The molecule has 0 spiro atoms. The van der Waals surface area contributed by atoms with Crippen LogP contribution in [0.15, 0.2) is 48.5 Å². The molecule has 0 radical (unpaired) electrons. The first-order valence-electron chi connectivity index (χ1n) is 10.5. The van der Waals surface area contributed by atoms with Gasteiger partial charge in [-0.15, -0.1) is 0 Å². The smallest absolute Gasteiger partial charge is 0.224 e. The summed E-state index contributed by atoms with van der Waals surface area (Å²) in [5, 5.41) is 2.93. The third kappa shape index (κ3) is 6.08. The van der Waals surface area contributed by atoms with Crippen LogP contribution in [-0.2, 0) is 16.0 Å². The van der Waals surface area contributed by atoms with Gasteiger partial charge in [0.05, 0.1) is 6.42 Å². The Morgan fingerprint density at radius 1 is 1.03 bits per heavy atom. The highest BCUT2D eigenvalue weighted by Crippen LogP contribution is 2.23. The Morgan fingerprint density at radius 2 is 1.76 bits per heavy atom. The fourth-order valence-electron chi connectivity index (χ4n) is 3.84. The molecule has 2 aromatic rings. The first-order valence-corrected chi connectivity index (χ1v) is 10.5. The van der Waals surface area contributed by atoms with Crippen LogP contribution >= 0.6 is 0 Å². The van der Waals surface area contributed by atoms with E-state index in [2.05, 4.69) is 22.3 Å². The molecule has 1 saturated heterocycles. The van der Waals surface area contributed by atoms with Crippen LogP contribution in [0.2, 0.25) is 0 Å². The summed E-state index contributed by atoms with van der Waals surface area (Å²) in [6.45, 7) is 6.66. The highest BCUT2D eigenvalue weighted by molar-refractivity contribution is 5.91. The molecule has 29 heavy (non-hydrogen) atoms. The molecule has 5 heteroatoms. The number of nitrogens with one attached hydrogen (secondary N) is 1. The van der Waals surface area contributed by atoms with Crippen molar-refractivity contribution in [2.75, 3.05) is 36.0 Å². The van der Waals surface area contributed by atoms with Gasteiger partial charge < -0.3 is 15.1 Å². The maximum atomic E-state index is 12.2. The fraction of sp³-hybridized carbons (Fsp3) is 0.417. The summed E-state index contributed by atoms with van der Waals surface area (Å²) < 4.78 is 0. The highest BCUT2D eigenvalue weighted by Gasteiger charge is 2.14. The molecule has 0 aliphatic carbocycles. The predicted molar refractivity (Wildman–Crippen MR) is 118 cm³/mol. The van der Waals surface area contributed by atoms with Crippen LogP contribution in [0, 0.1) is 6.92 Å². The van der Waals surface area contributed by atoms with E-state index in [0.717, 1.165) is 29.9 Å². The van der Waals surface area contributed by atoms with Crippen molar-refractivity contribution in [3.8, 4) is 0 Å². The van der Waals surface area contributed by atoms with Crippen LogP contribution in [0.1, 0.15) is 37.3 Å². The number of anilines is 2. The largest absolute Gasteiger partial charge is 0.372 e. The molecule has 1 aliphatic rings. The summed E-state index contributed by atoms with van der Waals surface area (Å²) in [7, 11) is 0. The van der Waals surface area contributed by atoms with Crippen LogP contribution in [0.3, 0.4) is 0 Å². The van der Waals surface area contributed by atoms with Gasteiger partial charge in [0.15, 0.2) is 0 Å². The number of piperidine rings is 1. The number of nitrogens with zero attached hydrogens (tertiary/aromatic N) is 2. The van der Waals surface area contributed by atoms with E-state index >= 15 is 0 Å². The third-order valence-electron chi connectivity index (χ3n) is 5.37. The summed E-state index contributed by atoms with van der Waals surface area (Å²) in [5.74, 6) is -0.0526. The molecule has 1 fully saturated rings. The van der Waals surface area contributed by atoms with Gasteiger partial charge in [-0.1, -0.05) is 29.8 Å². The van der Waals surface area contributed by atoms with E-state index in [1.807, 2.05) is 43.3 Å². The Balaban J connectivity index is 1.53. The summed E-state index contributed by atoms with van der Waals surface area (Å²) in [4.78, 5) is 28.5. The van der Waals surface area contributed by atoms with Gasteiger partial charge in [-0.05, 0) is 56.0 Å². The first-order chi connectivity index (χ1) is 14.0. The van der Waals surface area contributed by atoms with Crippen molar-refractivity contribution in [1.82, 2.24) is 5.32 Å². The van der Waals surface area contributed by atoms with Crippen LogP contribution in [-0.4, -0.2) is 38.0 Å². The Labute approximate surface area is 173 Å². The van der Waals surface area contributed by atoms with Crippen molar-refractivity contribution in [3.63, 3.8) is 0 Å². The minimum absolute atomic E-state index is 0.0244. The molecule has 1 N–H and O–H groups in total. The molecule has 0 atom stereocenters. The second kappa shape index (κ2) is 10.1. The van der Waals surface area contributed by atoms with Crippen LogP contribution in [0.25, 0.3) is 0 Å². The summed E-state index contributed by atoms with van der Waals surface area (Å²) in [6.07, 6.45) is 4.14. The van der Waals surface area contributed by atoms with E-state index in [-0.39, 0.29) is 11.8 Å². The maximum Gasteiger partial charge on any atom is 0.224 e. The molecule has 0 saturated carbocycles. The number of amides is 2. The molecular formula is C24H31N3O2. The summed E-state index contributed by atoms with van der Waals surface area (Å²) in [6, 6.07) is 16.1. The van der Waals surface area contributed by atoms with Gasteiger partial charge in [-0.3, -0.25) is 9.59 Å². The topological polar surface area (TPSA) is 52.7 Å². The fourth-order valence-corrected chi connectivity index (χ4v) is 3.84. The number of hydrogen-bond acceptors (Lipinski definition) is 3. The van der Waals surface area contributed by atoms with Crippen LogP contribution in [0.5, 0.6) is 0 Å². The van der Waals surface area contributed by atoms with E-state index in [9.17, 15) is 9.59 Å². The number of carbonyl (C=O) groups excluding carboxylic acids is 2. The number of carbonyl (C=O) groups is 2. The average molecular weight is 394 g/mol. The number of aryl methyl sites for hydroxylation is 1. The standard InChI is InChI=1S/C24H31N3O2/c1-19-7-6-8-21(17-19)18-24(29)25-13-16-27(20(2)28)23-11-9-22(10-12-23)26-14-4-3-5-15-26/h6-12,17H,3-5,13-16,18H2,1-2H3,(H,25,29). The summed E-state index contributed by atoms with van der Waals surface area (Å²) in [5.41, 5.74) is 4.22. The van der Waals surface area contributed by atoms with Gasteiger partial charge in [0.25, 0.3) is 0 Å². The SMILES string of the molecule is CC(=O)N(CCNC(=O)Cc1cccc(C)c1)c1ccc(N2CCCCC2)cc1. The van der Waals surface area contributed by atoms with Crippen molar-refractivity contribution >= 4 is 23.2 Å². The molecule has 2 amide bonds. The zero-order valence-electron chi connectivity index (χ0n) is 17.5. The van der Waals surface area contributed by atoms with Crippen molar-refractivity contribution in [1.29, 1.82) is 0 Å². The molecule has 5 nitrogen and oxygen atoms in total. The van der Waals surface area contributed by atoms with E-state index in [1.54, 1.807) is 11.8 Å². The van der Waals surface area contributed by atoms with Crippen molar-refractivity contribution < 1.29 is 9.59 Å². The molecule has 0 bridgehead atoms. The lowest BCUT2D eigenvalue weighted by Gasteiger charge is -2.29. The molecule has 3 rings (SSSR count). The quantitative estimate of drug-likeness (QED) is 0.780. The van der Waals surface area contributed by atoms with Crippen molar-refractivity contribution in [3.05, 3.63) is 59.7 Å². The molecule has 154 valence electrons. The highest BCUT2D eigenvalue weighted by atomic mass is 16.2. The first kappa shape index (κ1) is 20.9.